The van der Waals surface area contributed by atoms with Crippen molar-refractivity contribution >= 4 is 11.7 Å². The van der Waals surface area contributed by atoms with E-state index in [4.69, 9.17) is 14.5 Å². The van der Waals surface area contributed by atoms with Gasteiger partial charge in [0.1, 0.15) is 5.75 Å². The SMILES string of the molecule is Cc1nc(C)c([C@H](OC(C)(C)C)C(=O)O)c(N2CCC(C)(C)CC2)c1-c1ccc2c(c1)CCN(Cc1cccc(OC(C)C)c1)C2. The van der Waals surface area contributed by atoms with Gasteiger partial charge in [-0.25, -0.2) is 4.79 Å². The summed E-state index contributed by atoms with van der Waals surface area (Å²) < 4.78 is 12.2. The molecule has 2 aliphatic rings. The minimum atomic E-state index is -1.12. The van der Waals surface area contributed by atoms with Gasteiger partial charge in [-0.15, -0.1) is 0 Å². The Bertz CT molecular complexity index is 1560. The third kappa shape index (κ3) is 7.92. The van der Waals surface area contributed by atoms with Gasteiger partial charge in [-0.3, -0.25) is 9.88 Å². The lowest BCUT2D eigenvalue weighted by Gasteiger charge is -2.41. The lowest BCUT2D eigenvalue weighted by atomic mass is 9.81. The van der Waals surface area contributed by atoms with E-state index < -0.39 is 17.7 Å². The van der Waals surface area contributed by atoms with Gasteiger partial charge in [-0.1, -0.05) is 44.2 Å². The molecule has 7 heteroatoms. The first kappa shape index (κ1) is 33.9. The molecule has 0 amide bonds. The van der Waals surface area contributed by atoms with Gasteiger partial charge >= 0.3 is 5.97 Å². The van der Waals surface area contributed by atoms with Gasteiger partial charge in [-0.2, -0.15) is 0 Å². The Morgan fingerprint density at radius 1 is 1.00 bits per heavy atom. The van der Waals surface area contributed by atoms with Crippen LogP contribution in [0.5, 0.6) is 5.75 Å². The van der Waals surface area contributed by atoms with Crippen LogP contribution in [0.3, 0.4) is 0 Å². The molecule has 5 rings (SSSR count). The van der Waals surface area contributed by atoms with E-state index in [2.05, 4.69) is 80.8 Å². The summed E-state index contributed by atoms with van der Waals surface area (Å²) >= 11 is 0. The van der Waals surface area contributed by atoms with Gasteiger partial charge in [0, 0.05) is 55.2 Å². The lowest BCUT2D eigenvalue weighted by molar-refractivity contribution is -0.160. The summed E-state index contributed by atoms with van der Waals surface area (Å²) in [5, 5.41) is 10.5. The molecule has 3 aromatic rings. The highest BCUT2D eigenvalue weighted by Crippen LogP contribution is 2.45. The van der Waals surface area contributed by atoms with E-state index >= 15 is 0 Å². The zero-order chi connectivity index (χ0) is 33.4. The highest BCUT2D eigenvalue weighted by molar-refractivity contribution is 5.88. The van der Waals surface area contributed by atoms with Crippen molar-refractivity contribution in [2.75, 3.05) is 24.5 Å². The van der Waals surface area contributed by atoms with Gasteiger partial charge < -0.3 is 19.5 Å². The number of benzene rings is 2. The van der Waals surface area contributed by atoms with E-state index in [-0.39, 0.29) is 11.5 Å². The highest BCUT2D eigenvalue weighted by Gasteiger charge is 2.36. The fourth-order valence-corrected chi connectivity index (χ4v) is 6.90. The van der Waals surface area contributed by atoms with Gasteiger partial charge in [-0.05, 0) is 108 Å². The Balaban J connectivity index is 1.52. The first-order chi connectivity index (χ1) is 21.6. The normalized spacial score (nSPS) is 17.6. The molecule has 1 atom stereocenters. The molecular formula is C39H53N3O4. The van der Waals surface area contributed by atoms with Crippen LogP contribution in [0.2, 0.25) is 0 Å². The zero-order valence-electron chi connectivity index (χ0n) is 29.4. The number of hydrogen-bond donors (Lipinski definition) is 1. The lowest BCUT2D eigenvalue weighted by Crippen LogP contribution is -2.39. The fraction of sp³-hybridized carbons (Fsp3) is 0.538. The van der Waals surface area contributed by atoms with Gasteiger partial charge in [0.2, 0.25) is 0 Å². The van der Waals surface area contributed by atoms with Crippen LogP contribution in [0.4, 0.5) is 5.69 Å². The monoisotopic (exact) mass is 627 g/mol. The van der Waals surface area contributed by atoms with Crippen molar-refractivity contribution < 1.29 is 19.4 Å². The number of aromatic nitrogens is 1. The number of carboxylic acids is 1. The second-order valence-electron chi connectivity index (χ2n) is 15.3. The summed E-state index contributed by atoms with van der Waals surface area (Å²) in [6, 6.07) is 15.2. The van der Waals surface area contributed by atoms with Crippen LogP contribution < -0.4 is 9.64 Å². The number of piperidine rings is 1. The molecule has 0 radical (unpaired) electrons. The Hall–Kier alpha value is -3.42. The van der Waals surface area contributed by atoms with Crippen molar-refractivity contribution in [1.29, 1.82) is 0 Å². The topological polar surface area (TPSA) is 75.1 Å². The number of fused-ring (bicyclic) bond motifs is 1. The Labute approximate surface area is 275 Å². The van der Waals surface area contributed by atoms with Crippen LogP contribution >= 0.6 is 0 Å². The van der Waals surface area contributed by atoms with Gasteiger partial charge in [0.25, 0.3) is 0 Å². The van der Waals surface area contributed by atoms with Crippen molar-refractivity contribution in [3.05, 3.63) is 76.1 Å². The van der Waals surface area contributed by atoms with Crippen molar-refractivity contribution in [3.63, 3.8) is 0 Å². The Morgan fingerprint density at radius 3 is 2.37 bits per heavy atom. The summed E-state index contributed by atoms with van der Waals surface area (Å²) in [7, 11) is 0. The van der Waals surface area contributed by atoms with Crippen LogP contribution in [-0.2, 0) is 29.0 Å². The molecule has 1 fully saturated rings. The number of ether oxygens (including phenoxy) is 2. The standard InChI is InChI=1S/C39H53N3O4/c1-25(2)45-32-12-10-11-28(21-32)23-41-18-15-29-22-30(13-14-31(29)24-41)33-26(3)40-27(4)34(36(37(43)44)46-38(5,6)7)35(33)42-19-16-39(8,9)17-20-42/h10-14,21-22,25,36H,15-20,23-24H2,1-9H3,(H,43,44)/t36-/m0/s1. The van der Waals surface area contributed by atoms with E-state index in [1.54, 1.807) is 0 Å². The van der Waals surface area contributed by atoms with E-state index in [0.717, 1.165) is 80.2 Å². The van der Waals surface area contributed by atoms with Crippen molar-refractivity contribution in [2.45, 2.75) is 112 Å². The van der Waals surface area contributed by atoms with Crippen LogP contribution in [0, 0.1) is 19.3 Å². The third-order valence-corrected chi connectivity index (χ3v) is 9.23. The second kappa shape index (κ2) is 13.4. The average Bonchev–Trinajstić information content (AvgIpc) is 2.95. The summed E-state index contributed by atoms with van der Waals surface area (Å²) in [6.07, 6.45) is 2.06. The molecule has 7 nitrogen and oxygen atoms in total. The number of aliphatic carboxylic acids is 1. The maximum atomic E-state index is 12.8. The molecule has 1 aromatic heterocycles. The predicted molar refractivity (Wildman–Crippen MR) is 186 cm³/mol. The molecule has 0 bridgehead atoms. The largest absolute Gasteiger partial charge is 0.491 e. The van der Waals surface area contributed by atoms with Crippen LogP contribution in [0.25, 0.3) is 11.1 Å². The molecule has 2 aromatic carbocycles. The van der Waals surface area contributed by atoms with Crippen molar-refractivity contribution in [1.82, 2.24) is 9.88 Å². The molecule has 248 valence electrons. The smallest absolute Gasteiger partial charge is 0.337 e. The number of hydrogen-bond acceptors (Lipinski definition) is 6. The maximum absolute atomic E-state index is 12.8. The van der Waals surface area contributed by atoms with E-state index in [0.29, 0.717) is 11.3 Å². The fourth-order valence-electron chi connectivity index (χ4n) is 6.90. The number of carboxylic acid groups (broad SMARTS) is 1. The first-order valence-electron chi connectivity index (χ1n) is 16.9. The van der Waals surface area contributed by atoms with Crippen molar-refractivity contribution in [2.24, 2.45) is 5.41 Å². The minimum absolute atomic E-state index is 0.151. The summed E-state index contributed by atoms with van der Waals surface area (Å²) in [6.45, 7) is 22.9. The molecule has 0 spiro atoms. The van der Waals surface area contributed by atoms with Crippen LogP contribution in [0.15, 0.2) is 42.5 Å². The molecule has 3 heterocycles. The van der Waals surface area contributed by atoms with Gasteiger partial charge in [0.15, 0.2) is 6.10 Å². The maximum Gasteiger partial charge on any atom is 0.337 e. The number of pyridine rings is 1. The molecule has 0 unspecified atom stereocenters. The molecule has 46 heavy (non-hydrogen) atoms. The van der Waals surface area contributed by atoms with Crippen LogP contribution in [-0.4, -0.2) is 52.3 Å². The third-order valence-electron chi connectivity index (χ3n) is 9.23. The summed E-state index contributed by atoms with van der Waals surface area (Å²) in [4.78, 5) is 22.7. The molecular weight excluding hydrogens is 574 g/mol. The number of aryl methyl sites for hydroxylation is 2. The molecule has 2 aliphatic heterocycles. The first-order valence-corrected chi connectivity index (χ1v) is 16.9. The number of carbonyl (C=O) groups is 1. The molecule has 0 aliphatic carbocycles. The molecule has 0 saturated carbocycles. The molecule has 1 saturated heterocycles. The highest BCUT2D eigenvalue weighted by atomic mass is 16.5. The average molecular weight is 628 g/mol. The summed E-state index contributed by atoms with van der Waals surface area (Å²) in [5.41, 5.74) is 8.95. The second-order valence-corrected chi connectivity index (χ2v) is 15.3. The number of nitrogens with zero attached hydrogens (tertiary/aromatic N) is 3. The minimum Gasteiger partial charge on any atom is -0.491 e. The quantitative estimate of drug-likeness (QED) is 0.256. The van der Waals surface area contributed by atoms with E-state index in [1.165, 1.54) is 16.7 Å². The number of anilines is 1. The summed E-state index contributed by atoms with van der Waals surface area (Å²) in [5.74, 6) is -0.0674. The zero-order valence-corrected chi connectivity index (χ0v) is 29.4. The van der Waals surface area contributed by atoms with E-state index in [1.807, 2.05) is 33.8 Å². The van der Waals surface area contributed by atoms with Crippen LogP contribution in [0.1, 0.15) is 101 Å². The Kier molecular flexibility index (Phi) is 9.86. The predicted octanol–water partition coefficient (Wildman–Crippen LogP) is 8.28. The Morgan fingerprint density at radius 2 is 1.72 bits per heavy atom. The number of rotatable bonds is 9. The van der Waals surface area contributed by atoms with Gasteiger partial charge in [0.05, 0.1) is 17.4 Å². The molecule has 1 N–H and O–H groups in total. The van der Waals surface area contributed by atoms with E-state index in [9.17, 15) is 9.90 Å². The van der Waals surface area contributed by atoms with Crippen molar-refractivity contribution in [3.8, 4) is 16.9 Å².